The Morgan fingerprint density at radius 2 is 1.48 bits per heavy atom. The summed E-state index contributed by atoms with van der Waals surface area (Å²) in [5, 5.41) is 0. The van der Waals surface area contributed by atoms with Crippen LogP contribution in [0, 0.1) is 11.8 Å². The molecule has 1 fully saturated rings. The molecule has 4 atom stereocenters. The average molecular weight is 314 g/mol. The van der Waals surface area contributed by atoms with Crippen molar-refractivity contribution in [2.45, 2.75) is 18.4 Å². The highest BCUT2D eigenvalue weighted by Gasteiger charge is 2.56. The zero-order valence-corrected chi connectivity index (χ0v) is 12.0. The van der Waals surface area contributed by atoms with Crippen molar-refractivity contribution in [2.75, 3.05) is 0 Å². The number of alkyl halides is 3. The van der Waals surface area contributed by atoms with Crippen molar-refractivity contribution < 1.29 is 17.9 Å². The highest BCUT2D eigenvalue weighted by Crippen LogP contribution is 2.65. The molecule has 0 N–H and O–H groups in total. The first-order valence-corrected chi connectivity index (χ1v) is 7.68. The average Bonchev–Trinajstić information content (AvgIpc) is 2.99. The molecule has 1 saturated heterocycles. The van der Waals surface area contributed by atoms with Gasteiger partial charge >= 0.3 is 6.18 Å². The van der Waals surface area contributed by atoms with E-state index in [4.69, 9.17) is 4.74 Å². The number of rotatable bonds is 1. The van der Waals surface area contributed by atoms with Gasteiger partial charge < -0.3 is 4.74 Å². The number of hydrogen-bond donors (Lipinski definition) is 0. The van der Waals surface area contributed by atoms with Crippen LogP contribution in [0.3, 0.4) is 0 Å². The van der Waals surface area contributed by atoms with E-state index in [0.717, 1.165) is 23.3 Å². The van der Waals surface area contributed by atoms with Gasteiger partial charge in [-0.3, -0.25) is 0 Å². The van der Waals surface area contributed by atoms with Gasteiger partial charge in [-0.2, -0.15) is 13.2 Å². The molecule has 1 aliphatic carbocycles. The van der Waals surface area contributed by atoms with Crippen molar-refractivity contribution in [3.63, 3.8) is 0 Å². The third-order valence-corrected chi connectivity index (χ3v) is 5.27. The van der Waals surface area contributed by atoms with Crippen molar-refractivity contribution in [1.29, 1.82) is 0 Å². The first-order valence-electron chi connectivity index (χ1n) is 7.68. The van der Waals surface area contributed by atoms with E-state index >= 15 is 0 Å². The predicted octanol–water partition coefficient (Wildman–Crippen LogP) is 5.16. The molecule has 5 rings (SSSR count). The fraction of sp³-hybridized carbons (Fsp3) is 0.263. The molecular weight excluding hydrogens is 301 g/mol. The Morgan fingerprint density at radius 3 is 2.13 bits per heavy atom. The van der Waals surface area contributed by atoms with Crippen LogP contribution in [0.4, 0.5) is 13.2 Å². The number of ether oxygens (including phenoxy) is 1. The number of fused-ring (bicyclic) bond motifs is 8. The molecule has 2 heterocycles. The fourth-order valence-corrected chi connectivity index (χ4v) is 4.20. The van der Waals surface area contributed by atoms with Gasteiger partial charge in [0.1, 0.15) is 0 Å². The summed E-state index contributed by atoms with van der Waals surface area (Å²) in [7, 11) is 0. The highest BCUT2D eigenvalue weighted by molar-refractivity contribution is 5.76. The Morgan fingerprint density at radius 1 is 0.826 bits per heavy atom. The Kier molecular flexibility index (Phi) is 2.48. The standard InChI is InChI=1S/C19H13F3O/c20-19(21,22)11-7-5-10(6-8-11)14-9-15-16(14)18-13-4-2-1-3-12(13)17(15)23-18/h1-9,15-18H/t15-,16+,17+,18-/m0/s1. The molecule has 2 aliphatic heterocycles. The van der Waals surface area contributed by atoms with Crippen LogP contribution in [-0.4, -0.2) is 0 Å². The molecule has 23 heavy (non-hydrogen) atoms. The summed E-state index contributed by atoms with van der Waals surface area (Å²) < 4.78 is 44.2. The Hall–Kier alpha value is -2.07. The van der Waals surface area contributed by atoms with Crippen LogP contribution >= 0.6 is 0 Å². The Balaban J connectivity index is 1.48. The minimum atomic E-state index is -4.29. The molecule has 2 bridgehead atoms. The summed E-state index contributed by atoms with van der Waals surface area (Å²) in [6, 6.07) is 13.7. The van der Waals surface area contributed by atoms with Crippen LogP contribution in [0.1, 0.15) is 34.5 Å². The third kappa shape index (κ3) is 1.73. The second-order valence-electron chi connectivity index (χ2n) is 6.41. The summed E-state index contributed by atoms with van der Waals surface area (Å²) in [6.07, 6.45) is -1.97. The maximum atomic E-state index is 12.7. The van der Waals surface area contributed by atoms with E-state index in [9.17, 15) is 13.2 Å². The lowest BCUT2D eigenvalue weighted by atomic mass is 9.63. The van der Waals surface area contributed by atoms with Gasteiger partial charge in [0.15, 0.2) is 0 Å². The summed E-state index contributed by atoms with van der Waals surface area (Å²) in [4.78, 5) is 0. The molecular formula is C19H13F3O. The van der Waals surface area contributed by atoms with Gasteiger partial charge in [0.2, 0.25) is 0 Å². The highest BCUT2D eigenvalue weighted by atomic mass is 19.4. The van der Waals surface area contributed by atoms with E-state index in [-0.39, 0.29) is 18.1 Å². The lowest BCUT2D eigenvalue weighted by Gasteiger charge is -2.38. The third-order valence-electron chi connectivity index (χ3n) is 5.27. The Labute approximate surface area is 131 Å². The second-order valence-corrected chi connectivity index (χ2v) is 6.41. The van der Waals surface area contributed by atoms with Gasteiger partial charge in [0.05, 0.1) is 17.8 Å². The monoisotopic (exact) mass is 314 g/mol. The van der Waals surface area contributed by atoms with E-state index in [1.165, 1.54) is 11.1 Å². The summed E-state index contributed by atoms with van der Waals surface area (Å²) in [6.45, 7) is 0. The number of benzene rings is 2. The molecule has 4 heteroatoms. The minimum Gasteiger partial charge on any atom is -0.364 e. The number of halogens is 3. The molecule has 116 valence electrons. The molecule has 3 aliphatic rings. The quantitative estimate of drug-likeness (QED) is 0.706. The van der Waals surface area contributed by atoms with Crippen LogP contribution in [0.2, 0.25) is 0 Å². The molecule has 0 saturated carbocycles. The maximum Gasteiger partial charge on any atom is 0.416 e. The molecule has 0 unspecified atom stereocenters. The first kappa shape index (κ1) is 13.4. The largest absolute Gasteiger partial charge is 0.416 e. The molecule has 0 aromatic heterocycles. The minimum absolute atomic E-state index is 0.0449. The van der Waals surface area contributed by atoms with Crippen molar-refractivity contribution in [3.05, 3.63) is 76.9 Å². The Bertz CT molecular complexity index is 819. The molecule has 0 amide bonds. The predicted molar refractivity (Wildman–Crippen MR) is 79.4 cm³/mol. The van der Waals surface area contributed by atoms with E-state index in [2.05, 4.69) is 18.2 Å². The zero-order chi connectivity index (χ0) is 15.8. The summed E-state index contributed by atoms with van der Waals surface area (Å²) in [5.74, 6) is 0.624. The molecule has 2 aromatic rings. The van der Waals surface area contributed by atoms with Crippen LogP contribution < -0.4 is 0 Å². The van der Waals surface area contributed by atoms with Crippen LogP contribution in [0.15, 0.2) is 54.6 Å². The van der Waals surface area contributed by atoms with E-state index in [1.54, 1.807) is 12.1 Å². The topological polar surface area (TPSA) is 9.23 Å². The van der Waals surface area contributed by atoms with Crippen LogP contribution in [-0.2, 0) is 10.9 Å². The van der Waals surface area contributed by atoms with Crippen molar-refractivity contribution >= 4 is 5.57 Å². The van der Waals surface area contributed by atoms with Gasteiger partial charge in [0, 0.05) is 11.8 Å². The molecule has 0 spiro atoms. The normalized spacial score (nSPS) is 30.5. The van der Waals surface area contributed by atoms with Crippen molar-refractivity contribution in [1.82, 2.24) is 0 Å². The van der Waals surface area contributed by atoms with E-state index in [0.29, 0.717) is 5.92 Å². The lowest BCUT2D eigenvalue weighted by molar-refractivity contribution is -0.137. The molecule has 1 nitrogen and oxygen atoms in total. The van der Waals surface area contributed by atoms with Crippen LogP contribution in [0.25, 0.3) is 5.57 Å². The van der Waals surface area contributed by atoms with E-state index in [1.807, 2.05) is 12.1 Å². The SMILES string of the molecule is FC(F)(F)c1ccc(C2=C[C@H]3[C@@H]2[C@H]2O[C@@H]3c3ccccc32)cc1. The molecule has 0 radical (unpaired) electrons. The summed E-state index contributed by atoms with van der Waals surface area (Å²) in [5.41, 5.74) is 3.88. The first-order chi connectivity index (χ1) is 11.0. The van der Waals surface area contributed by atoms with Gasteiger partial charge in [0.25, 0.3) is 0 Å². The summed E-state index contributed by atoms with van der Waals surface area (Å²) >= 11 is 0. The van der Waals surface area contributed by atoms with Gasteiger partial charge in [-0.15, -0.1) is 0 Å². The molecule has 2 aromatic carbocycles. The fourth-order valence-electron chi connectivity index (χ4n) is 4.20. The lowest BCUT2D eigenvalue weighted by Crippen LogP contribution is -2.29. The van der Waals surface area contributed by atoms with Crippen LogP contribution in [0.5, 0.6) is 0 Å². The van der Waals surface area contributed by atoms with Gasteiger partial charge in [-0.05, 0) is 34.4 Å². The number of hydrogen-bond acceptors (Lipinski definition) is 1. The van der Waals surface area contributed by atoms with Crippen molar-refractivity contribution in [3.8, 4) is 0 Å². The van der Waals surface area contributed by atoms with E-state index < -0.39 is 11.7 Å². The maximum absolute atomic E-state index is 12.7. The smallest absolute Gasteiger partial charge is 0.364 e. The van der Waals surface area contributed by atoms with Crippen molar-refractivity contribution in [2.24, 2.45) is 11.8 Å². The van der Waals surface area contributed by atoms with Gasteiger partial charge in [-0.25, -0.2) is 0 Å². The zero-order valence-electron chi connectivity index (χ0n) is 12.0. The van der Waals surface area contributed by atoms with Gasteiger partial charge in [-0.1, -0.05) is 42.5 Å². The second kappa shape index (κ2) is 4.26.